The third-order valence-electron chi connectivity index (χ3n) is 2.83. The number of rotatable bonds is 6. The van der Waals surface area contributed by atoms with Crippen LogP contribution in [0.15, 0.2) is 24.3 Å². The number of benzene rings is 1. The Morgan fingerprint density at radius 1 is 1.42 bits per heavy atom. The van der Waals surface area contributed by atoms with Gasteiger partial charge in [-0.3, -0.25) is 4.79 Å². The van der Waals surface area contributed by atoms with Crippen LogP contribution < -0.4 is 0 Å². The SMILES string of the molecule is CC(CN(C)CC(C)(C)O)C(=O)c1ccccc1F. The molecule has 3 nitrogen and oxygen atoms in total. The Balaban J connectivity index is 2.66. The second kappa shape index (κ2) is 6.26. The summed E-state index contributed by atoms with van der Waals surface area (Å²) in [6, 6.07) is 6.02. The van der Waals surface area contributed by atoms with Gasteiger partial charge in [-0.2, -0.15) is 0 Å². The molecule has 0 radical (unpaired) electrons. The van der Waals surface area contributed by atoms with Crippen LogP contribution in [0.4, 0.5) is 4.39 Å². The van der Waals surface area contributed by atoms with E-state index in [2.05, 4.69) is 0 Å². The summed E-state index contributed by atoms with van der Waals surface area (Å²) in [4.78, 5) is 14.0. The van der Waals surface area contributed by atoms with E-state index in [9.17, 15) is 14.3 Å². The number of nitrogens with zero attached hydrogens (tertiary/aromatic N) is 1. The molecule has 1 aromatic rings. The smallest absolute Gasteiger partial charge is 0.169 e. The van der Waals surface area contributed by atoms with Crippen molar-refractivity contribution >= 4 is 5.78 Å². The largest absolute Gasteiger partial charge is 0.389 e. The van der Waals surface area contributed by atoms with Crippen LogP contribution in [0.5, 0.6) is 0 Å². The van der Waals surface area contributed by atoms with Gasteiger partial charge < -0.3 is 10.0 Å². The standard InChI is InChI=1S/C15H22FNO2/c1-11(9-17(4)10-15(2,3)19)14(18)12-7-5-6-8-13(12)16/h5-8,11,19H,9-10H2,1-4H3. The lowest BCUT2D eigenvalue weighted by Crippen LogP contribution is -2.39. The molecule has 0 saturated heterocycles. The highest BCUT2D eigenvalue weighted by Gasteiger charge is 2.22. The fourth-order valence-electron chi connectivity index (χ4n) is 2.20. The third-order valence-corrected chi connectivity index (χ3v) is 2.83. The molecule has 0 spiro atoms. The first kappa shape index (κ1) is 15.8. The minimum absolute atomic E-state index is 0.131. The van der Waals surface area contributed by atoms with Crippen LogP contribution in [0.2, 0.25) is 0 Å². The summed E-state index contributed by atoms with van der Waals surface area (Å²) in [5.41, 5.74) is -0.679. The third kappa shape index (κ3) is 5.09. The summed E-state index contributed by atoms with van der Waals surface area (Å²) >= 11 is 0. The number of likely N-dealkylation sites (N-methyl/N-ethyl adjacent to an activating group) is 1. The summed E-state index contributed by atoms with van der Waals surface area (Å²) in [5, 5.41) is 9.71. The summed E-state index contributed by atoms with van der Waals surface area (Å²) in [7, 11) is 1.84. The van der Waals surface area contributed by atoms with E-state index in [1.165, 1.54) is 12.1 Å². The van der Waals surface area contributed by atoms with E-state index in [0.717, 1.165) is 0 Å². The predicted molar refractivity (Wildman–Crippen MR) is 73.7 cm³/mol. The molecule has 0 bridgehead atoms. The number of carbonyl (C=O) groups excluding carboxylic acids is 1. The minimum atomic E-state index is -0.810. The van der Waals surface area contributed by atoms with Crippen molar-refractivity contribution in [3.8, 4) is 0 Å². The van der Waals surface area contributed by atoms with Gasteiger partial charge in [0.2, 0.25) is 0 Å². The molecule has 0 saturated carbocycles. The van der Waals surface area contributed by atoms with E-state index >= 15 is 0 Å². The van der Waals surface area contributed by atoms with Crippen molar-refractivity contribution in [2.75, 3.05) is 20.1 Å². The number of ketones is 1. The van der Waals surface area contributed by atoms with E-state index < -0.39 is 11.4 Å². The molecule has 0 aliphatic heterocycles. The van der Waals surface area contributed by atoms with Crippen LogP contribution in [0.1, 0.15) is 31.1 Å². The topological polar surface area (TPSA) is 40.5 Å². The number of aliphatic hydroxyl groups is 1. The van der Waals surface area contributed by atoms with Crippen molar-refractivity contribution in [1.29, 1.82) is 0 Å². The van der Waals surface area contributed by atoms with Gasteiger partial charge >= 0.3 is 0 Å². The Morgan fingerprint density at radius 2 is 2.00 bits per heavy atom. The van der Waals surface area contributed by atoms with Crippen LogP contribution in [-0.2, 0) is 0 Å². The first-order chi connectivity index (χ1) is 8.70. The number of carbonyl (C=O) groups is 1. The van der Waals surface area contributed by atoms with Crippen LogP contribution >= 0.6 is 0 Å². The van der Waals surface area contributed by atoms with Crippen LogP contribution in [0.25, 0.3) is 0 Å². The molecule has 1 atom stereocenters. The van der Waals surface area contributed by atoms with E-state index in [4.69, 9.17) is 0 Å². The summed E-state index contributed by atoms with van der Waals surface area (Å²) in [5.74, 6) is -1.01. The second-order valence-corrected chi connectivity index (χ2v) is 5.75. The lowest BCUT2D eigenvalue weighted by molar-refractivity contribution is 0.0399. The molecule has 0 aromatic heterocycles. The molecule has 0 aliphatic carbocycles. The maximum absolute atomic E-state index is 13.5. The van der Waals surface area contributed by atoms with Crippen molar-refractivity contribution in [3.63, 3.8) is 0 Å². The zero-order chi connectivity index (χ0) is 14.6. The molecule has 106 valence electrons. The summed E-state index contributed by atoms with van der Waals surface area (Å²) in [6.07, 6.45) is 0. The average Bonchev–Trinajstić information content (AvgIpc) is 2.26. The molecular formula is C15H22FNO2. The van der Waals surface area contributed by atoms with Crippen LogP contribution in [0.3, 0.4) is 0 Å². The Bertz CT molecular complexity index is 440. The van der Waals surface area contributed by atoms with E-state index in [1.54, 1.807) is 32.9 Å². The first-order valence-electron chi connectivity index (χ1n) is 6.40. The number of hydrogen-bond donors (Lipinski definition) is 1. The Kier molecular flexibility index (Phi) is 5.20. The quantitative estimate of drug-likeness (QED) is 0.804. The van der Waals surface area contributed by atoms with Crippen molar-refractivity contribution < 1.29 is 14.3 Å². The van der Waals surface area contributed by atoms with Gasteiger partial charge in [0.15, 0.2) is 5.78 Å². The maximum Gasteiger partial charge on any atom is 0.169 e. The molecular weight excluding hydrogens is 245 g/mol. The number of hydrogen-bond acceptors (Lipinski definition) is 3. The molecule has 1 rings (SSSR count). The monoisotopic (exact) mass is 267 g/mol. The second-order valence-electron chi connectivity index (χ2n) is 5.75. The highest BCUT2D eigenvalue weighted by Crippen LogP contribution is 2.14. The van der Waals surface area contributed by atoms with Gasteiger partial charge in [-0.15, -0.1) is 0 Å². The van der Waals surface area contributed by atoms with Crippen molar-refractivity contribution in [2.24, 2.45) is 5.92 Å². The van der Waals surface area contributed by atoms with Gasteiger partial charge in [0.1, 0.15) is 5.82 Å². The molecule has 0 aliphatic rings. The molecule has 0 heterocycles. The molecule has 1 unspecified atom stereocenters. The Morgan fingerprint density at radius 3 is 2.53 bits per heavy atom. The van der Waals surface area contributed by atoms with Crippen molar-refractivity contribution in [3.05, 3.63) is 35.6 Å². The lowest BCUT2D eigenvalue weighted by atomic mass is 9.98. The zero-order valence-corrected chi connectivity index (χ0v) is 12.0. The van der Waals surface area contributed by atoms with E-state index in [0.29, 0.717) is 13.1 Å². The van der Waals surface area contributed by atoms with Gasteiger partial charge in [-0.1, -0.05) is 19.1 Å². The average molecular weight is 267 g/mol. The zero-order valence-electron chi connectivity index (χ0n) is 12.0. The predicted octanol–water partition coefficient (Wildman–Crippen LogP) is 2.35. The summed E-state index contributed by atoms with van der Waals surface area (Å²) in [6.45, 7) is 6.15. The van der Waals surface area contributed by atoms with Gasteiger partial charge in [-0.05, 0) is 33.0 Å². The highest BCUT2D eigenvalue weighted by atomic mass is 19.1. The first-order valence-corrected chi connectivity index (χ1v) is 6.40. The van der Waals surface area contributed by atoms with E-state index in [1.807, 2.05) is 11.9 Å². The molecule has 1 aromatic carbocycles. The van der Waals surface area contributed by atoms with Crippen LogP contribution in [0, 0.1) is 11.7 Å². The van der Waals surface area contributed by atoms with Crippen molar-refractivity contribution in [1.82, 2.24) is 4.90 Å². The van der Waals surface area contributed by atoms with E-state index in [-0.39, 0.29) is 17.3 Å². The van der Waals surface area contributed by atoms with Gasteiger partial charge in [0.25, 0.3) is 0 Å². The summed E-state index contributed by atoms with van der Waals surface area (Å²) < 4.78 is 13.5. The minimum Gasteiger partial charge on any atom is -0.389 e. The lowest BCUT2D eigenvalue weighted by Gasteiger charge is -2.27. The van der Waals surface area contributed by atoms with Gasteiger partial charge in [0.05, 0.1) is 11.2 Å². The number of halogens is 1. The molecule has 0 amide bonds. The molecule has 1 N–H and O–H groups in total. The van der Waals surface area contributed by atoms with Crippen LogP contribution in [-0.4, -0.2) is 41.5 Å². The number of Topliss-reactive ketones (excluding diaryl/α,β-unsaturated/α-hetero) is 1. The molecule has 0 fully saturated rings. The molecule has 4 heteroatoms. The normalized spacial score (nSPS) is 13.6. The Labute approximate surface area is 114 Å². The molecule has 19 heavy (non-hydrogen) atoms. The van der Waals surface area contributed by atoms with Gasteiger partial charge in [0, 0.05) is 19.0 Å². The van der Waals surface area contributed by atoms with Gasteiger partial charge in [-0.25, -0.2) is 4.39 Å². The maximum atomic E-state index is 13.5. The fraction of sp³-hybridized carbons (Fsp3) is 0.533. The van der Waals surface area contributed by atoms with Crippen molar-refractivity contribution in [2.45, 2.75) is 26.4 Å². The Hall–Kier alpha value is -1.26. The fourth-order valence-corrected chi connectivity index (χ4v) is 2.20. The highest BCUT2D eigenvalue weighted by molar-refractivity contribution is 5.98.